The van der Waals surface area contributed by atoms with Gasteiger partial charge in [-0.1, -0.05) is 25.1 Å². The van der Waals surface area contributed by atoms with Crippen molar-refractivity contribution >= 4 is 23.5 Å². The van der Waals surface area contributed by atoms with E-state index in [0.29, 0.717) is 17.2 Å². The average molecular weight is 366 g/mol. The molecular weight excluding hydrogens is 348 g/mol. The van der Waals surface area contributed by atoms with Crippen molar-refractivity contribution in [3.8, 4) is 11.5 Å². The number of nitrogens with zero attached hydrogens (tertiary/aromatic N) is 1. The van der Waals surface area contributed by atoms with Gasteiger partial charge in [0, 0.05) is 0 Å². The SMILES string of the molecule is CCc1ccc(N2C(=O)NC(=O)C(Cc3ccc4c(c3)OCO4)C2=O)cc1. The lowest BCUT2D eigenvalue weighted by atomic mass is 9.95. The molecule has 4 amide bonds. The third-order valence-electron chi connectivity index (χ3n) is 4.75. The van der Waals surface area contributed by atoms with Gasteiger partial charge in [0.05, 0.1) is 5.69 Å². The van der Waals surface area contributed by atoms with Crippen molar-refractivity contribution in [3.63, 3.8) is 0 Å². The molecule has 7 heteroatoms. The van der Waals surface area contributed by atoms with Crippen LogP contribution in [0.15, 0.2) is 42.5 Å². The van der Waals surface area contributed by atoms with Crippen LogP contribution in [-0.4, -0.2) is 24.6 Å². The van der Waals surface area contributed by atoms with Gasteiger partial charge >= 0.3 is 6.03 Å². The van der Waals surface area contributed by atoms with Gasteiger partial charge in [0.2, 0.25) is 18.6 Å². The Hall–Kier alpha value is -3.35. The normalized spacial score (nSPS) is 18.6. The van der Waals surface area contributed by atoms with Crippen LogP contribution in [0.25, 0.3) is 0 Å². The number of hydrogen-bond donors (Lipinski definition) is 1. The summed E-state index contributed by atoms with van der Waals surface area (Å²) < 4.78 is 10.6. The molecule has 0 aromatic heterocycles. The van der Waals surface area contributed by atoms with Crippen molar-refractivity contribution < 1.29 is 23.9 Å². The maximum absolute atomic E-state index is 12.9. The molecule has 27 heavy (non-hydrogen) atoms. The number of urea groups is 1. The molecule has 2 aliphatic rings. The number of carbonyl (C=O) groups excluding carboxylic acids is 3. The van der Waals surface area contributed by atoms with Gasteiger partial charge in [-0.25, -0.2) is 9.69 Å². The van der Waals surface area contributed by atoms with Crippen LogP contribution in [-0.2, 0) is 22.4 Å². The number of rotatable bonds is 4. The fourth-order valence-electron chi connectivity index (χ4n) is 3.23. The number of carbonyl (C=O) groups is 3. The lowest BCUT2D eigenvalue weighted by Gasteiger charge is -2.30. The third-order valence-corrected chi connectivity index (χ3v) is 4.75. The number of fused-ring (bicyclic) bond motifs is 1. The number of hydrogen-bond acceptors (Lipinski definition) is 5. The van der Waals surface area contributed by atoms with Crippen LogP contribution in [0, 0.1) is 5.92 Å². The first kappa shape index (κ1) is 17.1. The van der Waals surface area contributed by atoms with Gasteiger partial charge in [-0.15, -0.1) is 0 Å². The summed E-state index contributed by atoms with van der Waals surface area (Å²) in [6.07, 6.45) is 1.02. The highest BCUT2D eigenvalue weighted by molar-refractivity contribution is 6.27. The fraction of sp³-hybridized carbons (Fsp3) is 0.250. The maximum atomic E-state index is 12.9. The molecule has 138 valence electrons. The van der Waals surface area contributed by atoms with Gasteiger partial charge in [0.25, 0.3) is 0 Å². The van der Waals surface area contributed by atoms with Gasteiger partial charge in [-0.2, -0.15) is 0 Å². The molecule has 1 unspecified atom stereocenters. The molecule has 0 bridgehead atoms. The Morgan fingerprint density at radius 1 is 1.00 bits per heavy atom. The number of imide groups is 2. The monoisotopic (exact) mass is 366 g/mol. The van der Waals surface area contributed by atoms with E-state index in [1.807, 2.05) is 19.1 Å². The van der Waals surface area contributed by atoms with Gasteiger partial charge in [-0.3, -0.25) is 14.9 Å². The van der Waals surface area contributed by atoms with E-state index in [4.69, 9.17) is 9.47 Å². The Balaban J connectivity index is 1.59. The van der Waals surface area contributed by atoms with Crippen molar-refractivity contribution in [2.45, 2.75) is 19.8 Å². The average Bonchev–Trinajstić information content (AvgIpc) is 3.13. The van der Waals surface area contributed by atoms with E-state index in [0.717, 1.165) is 22.4 Å². The maximum Gasteiger partial charge on any atom is 0.335 e. The van der Waals surface area contributed by atoms with Crippen LogP contribution in [0.3, 0.4) is 0 Å². The van der Waals surface area contributed by atoms with Crippen LogP contribution in [0.1, 0.15) is 18.1 Å². The van der Waals surface area contributed by atoms with E-state index >= 15 is 0 Å². The Labute approximate surface area is 155 Å². The zero-order chi connectivity index (χ0) is 19.0. The number of benzene rings is 2. The Morgan fingerprint density at radius 3 is 2.44 bits per heavy atom. The van der Waals surface area contributed by atoms with Crippen LogP contribution < -0.4 is 19.7 Å². The zero-order valence-electron chi connectivity index (χ0n) is 14.7. The zero-order valence-corrected chi connectivity index (χ0v) is 14.7. The van der Waals surface area contributed by atoms with Crippen LogP contribution in [0.5, 0.6) is 11.5 Å². The standard InChI is InChI=1S/C20H18N2O5/c1-2-12-3-6-14(7-4-12)22-19(24)15(18(23)21-20(22)25)9-13-5-8-16-17(10-13)27-11-26-16/h3-8,10,15H,2,9,11H2,1H3,(H,21,23,25). The molecule has 0 aliphatic carbocycles. The number of barbiturate groups is 1. The number of aryl methyl sites for hydroxylation is 1. The lowest BCUT2D eigenvalue weighted by Crippen LogP contribution is -2.58. The second-order valence-corrected chi connectivity index (χ2v) is 6.43. The fourth-order valence-corrected chi connectivity index (χ4v) is 3.23. The number of nitrogens with one attached hydrogen (secondary N) is 1. The molecule has 1 atom stereocenters. The van der Waals surface area contributed by atoms with Crippen LogP contribution in [0.2, 0.25) is 0 Å². The molecule has 7 nitrogen and oxygen atoms in total. The highest BCUT2D eigenvalue weighted by Crippen LogP contribution is 2.33. The summed E-state index contributed by atoms with van der Waals surface area (Å²) in [5.41, 5.74) is 2.29. The van der Waals surface area contributed by atoms with Gasteiger partial charge in [-0.05, 0) is 48.2 Å². The predicted octanol–water partition coefficient (Wildman–Crippen LogP) is 2.42. The topological polar surface area (TPSA) is 84.9 Å². The van der Waals surface area contributed by atoms with E-state index in [-0.39, 0.29) is 13.2 Å². The predicted molar refractivity (Wildman–Crippen MR) is 96.6 cm³/mol. The second-order valence-electron chi connectivity index (χ2n) is 6.43. The first-order valence-corrected chi connectivity index (χ1v) is 8.73. The third kappa shape index (κ3) is 3.12. The van der Waals surface area contributed by atoms with E-state index in [9.17, 15) is 14.4 Å². The van der Waals surface area contributed by atoms with E-state index in [2.05, 4.69) is 5.32 Å². The van der Waals surface area contributed by atoms with Gasteiger partial charge < -0.3 is 9.47 Å². The molecule has 2 aliphatic heterocycles. The lowest BCUT2D eigenvalue weighted by molar-refractivity contribution is -0.134. The Kier molecular flexibility index (Phi) is 4.27. The first-order valence-electron chi connectivity index (χ1n) is 8.73. The first-order chi connectivity index (χ1) is 13.1. The van der Waals surface area contributed by atoms with Crippen LogP contribution >= 0.6 is 0 Å². The minimum Gasteiger partial charge on any atom is -0.454 e. The summed E-state index contributed by atoms with van der Waals surface area (Å²) in [6, 6.07) is 11.7. The quantitative estimate of drug-likeness (QED) is 0.840. The van der Waals surface area contributed by atoms with Crippen molar-refractivity contribution in [1.82, 2.24) is 5.32 Å². The van der Waals surface area contributed by atoms with E-state index in [1.54, 1.807) is 30.3 Å². The summed E-state index contributed by atoms with van der Waals surface area (Å²) in [4.78, 5) is 38.5. The highest BCUT2D eigenvalue weighted by Gasteiger charge is 2.41. The summed E-state index contributed by atoms with van der Waals surface area (Å²) >= 11 is 0. The summed E-state index contributed by atoms with van der Waals surface area (Å²) in [5.74, 6) is -0.908. The van der Waals surface area contributed by atoms with Crippen molar-refractivity contribution in [3.05, 3.63) is 53.6 Å². The number of ether oxygens (including phenoxy) is 2. The van der Waals surface area contributed by atoms with Gasteiger partial charge in [0.1, 0.15) is 5.92 Å². The molecule has 2 aromatic rings. The Bertz CT molecular complexity index is 922. The molecule has 0 saturated carbocycles. The highest BCUT2D eigenvalue weighted by atomic mass is 16.7. The van der Waals surface area contributed by atoms with E-state index < -0.39 is 23.8 Å². The number of anilines is 1. The molecule has 1 N–H and O–H groups in total. The minimum atomic E-state index is -0.992. The van der Waals surface area contributed by atoms with Crippen LogP contribution in [0.4, 0.5) is 10.5 Å². The molecule has 1 fully saturated rings. The van der Waals surface area contributed by atoms with Crippen molar-refractivity contribution in [2.24, 2.45) is 5.92 Å². The molecule has 2 aromatic carbocycles. The van der Waals surface area contributed by atoms with Crippen molar-refractivity contribution in [1.29, 1.82) is 0 Å². The molecular formula is C20H18N2O5. The minimum absolute atomic E-state index is 0.150. The van der Waals surface area contributed by atoms with E-state index in [1.165, 1.54) is 0 Å². The Morgan fingerprint density at radius 2 is 1.70 bits per heavy atom. The molecule has 4 rings (SSSR count). The van der Waals surface area contributed by atoms with Gasteiger partial charge in [0.15, 0.2) is 11.5 Å². The molecule has 1 saturated heterocycles. The largest absolute Gasteiger partial charge is 0.454 e. The summed E-state index contributed by atoms with van der Waals surface area (Å²) in [6.45, 7) is 2.17. The summed E-state index contributed by atoms with van der Waals surface area (Å²) in [7, 11) is 0. The summed E-state index contributed by atoms with van der Waals surface area (Å²) in [5, 5.41) is 2.28. The molecule has 0 radical (unpaired) electrons. The molecule has 0 spiro atoms. The van der Waals surface area contributed by atoms with Crippen molar-refractivity contribution in [2.75, 3.05) is 11.7 Å². The number of amides is 4. The molecule has 2 heterocycles. The smallest absolute Gasteiger partial charge is 0.335 e. The second kappa shape index (κ2) is 6.75.